The fourth-order valence-corrected chi connectivity index (χ4v) is 6.47. The molecule has 0 aliphatic carbocycles. The Bertz CT molecular complexity index is 1670. The van der Waals surface area contributed by atoms with E-state index >= 15 is 0 Å². The third-order valence-corrected chi connectivity index (χ3v) is 9.50. The van der Waals surface area contributed by atoms with E-state index in [-0.39, 0.29) is 46.3 Å². The summed E-state index contributed by atoms with van der Waals surface area (Å²) < 4.78 is 34.9. The van der Waals surface area contributed by atoms with Crippen molar-refractivity contribution in [1.82, 2.24) is 10.2 Å². The Morgan fingerprint density at radius 1 is 0.867 bits per heavy atom. The number of amides is 2. The molecule has 0 saturated heterocycles. The van der Waals surface area contributed by atoms with Gasteiger partial charge in [0, 0.05) is 24.0 Å². The lowest BCUT2D eigenvalue weighted by Gasteiger charge is -2.34. The van der Waals surface area contributed by atoms with Gasteiger partial charge in [0.2, 0.25) is 11.8 Å². The number of hydrogen-bond acceptors (Lipinski definition) is 5. The molecule has 0 spiro atoms. The topological polar surface area (TPSA) is 96.0 Å². The molecule has 10 heteroatoms. The van der Waals surface area contributed by atoms with Crippen LogP contribution in [0.2, 0.25) is 5.02 Å². The minimum absolute atomic E-state index is 0.00946. The lowest BCUT2D eigenvalue weighted by Crippen LogP contribution is -2.54. The molecule has 0 fully saturated rings. The molecule has 0 aromatic heterocycles. The molecule has 0 radical (unpaired) electrons. The molecule has 45 heavy (non-hydrogen) atoms. The van der Waals surface area contributed by atoms with Crippen LogP contribution >= 0.6 is 11.6 Å². The molecule has 0 heterocycles. The average molecular weight is 648 g/mol. The SMILES string of the molecule is CC[C@@H](C)NC(=O)[C@@H](Cc1ccccc1)N(Cc1ccccc1)C(=O)CN(c1cc(Cl)ccc1OC)S(=O)(=O)c1ccccc1. The Morgan fingerprint density at radius 3 is 2.02 bits per heavy atom. The average Bonchev–Trinajstić information content (AvgIpc) is 3.06. The van der Waals surface area contributed by atoms with Gasteiger partial charge in [-0.25, -0.2) is 8.42 Å². The highest BCUT2D eigenvalue weighted by molar-refractivity contribution is 7.92. The summed E-state index contributed by atoms with van der Waals surface area (Å²) in [5.41, 5.74) is 1.75. The van der Waals surface area contributed by atoms with Gasteiger partial charge in [0.1, 0.15) is 18.3 Å². The van der Waals surface area contributed by atoms with Crippen LogP contribution in [0.1, 0.15) is 31.4 Å². The number of halogens is 1. The molecule has 0 aliphatic rings. The summed E-state index contributed by atoms with van der Waals surface area (Å²) in [6.45, 7) is 3.34. The number of sulfonamides is 1. The van der Waals surface area contributed by atoms with Crippen molar-refractivity contribution in [2.24, 2.45) is 0 Å². The number of methoxy groups -OCH3 is 1. The first kappa shape index (κ1) is 33.6. The van der Waals surface area contributed by atoms with E-state index in [0.29, 0.717) is 6.42 Å². The van der Waals surface area contributed by atoms with Crippen molar-refractivity contribution in [2.75, 3.05) is 18.0 Å². The maximum Gasteiger partial charge on any atom is 0.264 e. The van der Waals surface area contributed by atoms with Crippen LogP contribution in [-0.4, -0.2) is 50.9 Å². The van der Waals surface area contributed by atoms with Crippen molar-refractivity contribution in [3.05, 3.63) is 125 Å². The molecule has 0 aliphatic heterocycles. The largest absolute Gasteiger partial charge is 0.495 e. The summed E-state index contributed by atoms with van der Waals surface area (Å²) in [6.07, 6.45) is 0.932. The number of benzene rings is 4. The molecule has 8 nitrogen and oxygen atoms in total. The van der Waals surface area contributed by atoms with Gasteiger partial charge >= 0.3 is 0 Å². The maximum absolute atomic E-state index is 14.6. The van der Waals surface area contributed by atoms with Gasteiger partial charge < -0.3 is 15.0 Å². The van der Waals surface area contributed by atoms with Crippen molar-refractivity contribution in [1.29, 1.82) is 0 Å². The molecule has 0 unspecified atom stereocenters. The number of anilines is 1. The summed E-state index contributed by atoms with van der Waals surface area (Å²) in [6, 6.07) is 30.1. The highest BCUT2D eigenvalue weighted by Crippen LogP contribution is 2.35. The number of nitrogens with one attached hydrogen (secondary N) is 1. The molecule has 4 aromatic carbocycles. The van der Waals surface area contributed by atoms with Crippen LogP contribution in [-0.2, 0) is 32.6 Å². The van der Waals surface area contributed by atoms with E-state index in [4.69, 9.17) is 16.3 Å². The molecule has 236 valence electrons. The van der Waals surface area contributed by atoms with E-state index in [1.165, 1.54) is 30.2 Å². The first-order valence-corrected chi connectivity index (χ1v) is 16.5. The van der Waals surface area contributed by atoms with Gasteiger partial charge in [-0.1, -0.05) is 97.4 Å². The third kappa shape index (κ3) is 8.65. The van der Waals surface area contributed by atoms with E-state index in [2.05, 4.69) is 5.32 Å². The minimum atomic E-state index is -4.29. The van der Waals surface area contributed by atoms with Crippen molar-refractivity contribution in [2.45, 2.75) is 50.2 Å². The summed E-state index contributed by atoms with van der Waals surface area (Å²) >= 11 is 6.34. The monoisotopic (exact) mass is 647 g/mol. The van der Waals surface area contributed by atoms with Crippen molar-refractivity contribution in [3.8, 4) is 5.75 Å². The van der Waals surface area contributed by atoms with Crippen LogP contribution in [0.15, 0.2) is 114 Å². The van der Waals surface area contributed by atoms with Gasteiger partial charge in [0.25, 0.3) is 10.0 Å². The van der Waals surface area contributed by atoms with Crippen LogP contribution in [0, 0.1) is 0 Å². The molecule has 4 aromatic rings. The van der Waals surface area contributed by atoms with Crippen molar-refractivity contribution >= 4 is 39.1 Å². The second kappa shape index (κ2) is 15.6. The molecular weight excluding hydrogens is 610 g/mol. The van der Waals surface area contributed by atoms with Gasteiger partial charge in [-0.15, -0.1) is 0 Å². The molecular formula is C35H38ClN3O5S. The zero-order valence-corrected chi connectivity index (χ0v) is 27.2. The number of hydrogen-bond donors (Lipinski definition) is 1. The predicted molar refractivity (Wildman–Crippen MR) is 178 cm³/mol. The third-order valence-electron chi connectivity index (χ3n) is 7.49. The molecule has 0 bridgehead atoms. The second-order valence-corrected chi connectivity index (χ2v) is 13.0. The molecule has 1 N–H and O–H groups in total. The van der Waals surface area contributed by atoms with Crippen LogP contribution < -0.4 is 14.4 Å². The van der Waals surface area contributed by atoms with E-state index in [9.17, 15) is 18.0 Å². The fourth-order valence-electron chi connectivity index (χ4n) is 4.87. The summed E-state index contributed by atoms with van der Waals surface area (Å²) in [5, 5.41) is 3.30. The summed E-state index contributed by atoms with van der Waals surface area (Å²) in [5.74, 6) is -0.674. The van der Waals surface area contributed by atoms with Gasteiger partial charge in [0.05, 0.1) is 17.7 Å². The van der Waals surface area contributed by atoms with E-state index in [1.807, 2.05) is 74.5 Å². The second-order valence-electron chi connectivity index (χ2n) is 10.7. The van der Waals surface area contributed by atoms with Gasteiger partial charge in [0.15, 0.2) is 0 Å². The summed E-state index contributed by atoms with van der Waals surface area (Å²) in [7, 11) is -2.87. The molecule has 2 atom stereocenters. The van der Waals surface area contributed by atoms with Crippen LogP contribution in [0.5, 0.6) is 5.75 Å². The Labute approximate surface area is 270 Å². The van der Waals surface area contributed by atoms with Crippen LogP contribution in [0.4, 0.5) is 5.69 Å². The Hall–Kier alpha value is -4.34. The van der Waals surface area contributed by atoms with E-state index in [0.717, 1.165) is 15.4 Å². The Morgan fingerprint density at radius 2 is 1.44 bits per heavy atom. The quantitative estimate of drug-likeness (QED) is 0.179. The fraction of sp³-hybridized carbons (Fsp3) is 0.257. The zero-order chi connectivity index (χ0) is 32.4. The van der Waals surface area contributed by atoms with Gasteiger partial charge in [-0.2, -0.15) is 0 Å². The van der Waals surface area contributed by atoms with Crippen molar-refractivity contribution < 1.29 is 22.7 Å². The van der Waals surface area contributed by atoms with Crippen LogP contribution in [0.3, 0.4) is 0 Å². The standard InChI is InChI=1S/C35H38ClN3O5S/c1-4-26(2)37-35(41)32(22-27-14-8-5-9-15-27)38(24-28-16-10-6-11-17-28)34(40)25-39(31-23-29(36)20-21-33(31)44-3)45(42,43)30-18-12-7-13-19-30/h5-21,23,26,32H,4,22,24-25H2,1-3H3,(H,37,41)/t26-,32-/m1/s1. The molecule has 4 rings (SSSR count). The molecule has 2 amide bonds. The highest BCUT2D eigenvalue weighted by Gasteiger charge is 2.36. The van der Waals surface area contributed by atoms with Crippen LogP contribution in [0.25, 0.3) is 0 Å². The lowest BCUT2D eigenvalue weighted by molar-refractivity contribution is -0.140. The Kier molecular flexibility index (Phi) is 11.6. The number of carbonyl (C=O) groups excluding carboxylic acids is 2. The van der Waals surface area contributed by atoms with Gasteiger partial charge in [-0.05, 0) is 54.8 Å². The normalized spacial score (nSPS) is 12.5. The highest BCUT2D eigenvalue weighted by atomic mass is 35.5. The number of carbonyl (C=O) groups is 2. The lowest BCUT2D eigenvalue weighted by atomic mass is 10.0. The van der Waals surface area contributed by atoms with Crippen molar-refractivity contribution in [3.63, 3.8) is 0 Å². The number of rotatable bonds is 14. The minimum Gasteiger partial charge on any atom is -0.495 e. The summed E-state index contributed by atoms with van der Waals surface area (Å²) in [4.78, 5) is 29.9. The maximum atomic E-state index is 14.6. The van der Waals surface area contributed by atoms with E-state index in [1.54, 1.807) is 30.3 Å². The predicted octanol–water partition coefficient (Wildman–Crippen LogP) is 6.10. The first-order chi connectivity index (χ1) is 21.6. The Balaban J connectivity index is 1.83. The number of nitrogens with zero attached hydrogens (tertiary/aromatic N) is 2. The zero-order valence-electron chi connectivity index (χ0n) is 25.6. The van der Waals surface area contributed by atoms with E-state index < -0.39 is 28.5 Å². The smallest absolute Gasteiger partial charge is 0.264 e. The number of ether oxygens (including phenoxy) is 1. The molecule has 0 saturated carbocycles. The first-order valence-electron chi connectivity index (χ1n) is 14.7. The van der Waals surface area contributed by atoms with Gasteiger partial charge in [-0.3, -0.25) is 13.9 Å².